The van der Waals surface area contributed by atoms with E-state index in [9.17, 15) is 0 Å². The highest BCUT2D eigenvalue weighted by atomic mass is 35.5. The van der Waals surface area contributed by atoms with Crippen LogP contribution in [0.5, 0.6) is 0 Å². The third kappa shape index (κ3) is 3.12. The van der Waals surface area contributed by atoms with Crippen LogP contribution in [-0.2, 0) is 11.3 Å². The summed E-state index contributed by atoms with van der Waals surface area (Å²) in [5.74, 6) is 0. The number of aromatic nitrogens is 2. The Morgan fingerprint density at radius 3 is 2.42 bits per heavy atom. The summed E-state index contributed by atoms with van der Waals surface area (Å²) in [6.07, 6.45) is 3.56. The van der Waals surface area contributed by atoms with Crippen LogP contribution in [0.2, 0.25) is 5.02 Å². The maximum absolute atomic E-state index is 6.35. The zero-order valence-electron chi connectivity index (χ0n) is 12.7. The maximum Gasteiger partial charge on any atom is 0.0883 e. The number of hydrogen-bond donors (Lipinski definition) is 1. The Kier molecular flexibility index (Phi) is 6.30. The minimum absolute atomic E-state index is 0.0486. The van der Waals surface area contributed by atoms with Gasteiger partial charge in [0.2, 0.25) is 0 Å². The average Bonchev–Trinajstić information content (AvgIpc) is 2.81. The van der Waals surface area contributed by atoms with Gasteiger partial charge >= 0.3 is 0 Å². The summed E-state index contributed by atoms with van der Waals surface area (Å²) in [5, 5.41) is 8.57. The van der Waals surface area contributed by atoms with E-state index in [4.69, 9.17) is 16.3 Å². The molecule has 1 atom stereocenters. The van der Waals surface area contributed by atoms with Gasteiger partial charge in [-0.1, -0.05) is 32.4 Å². The minimum Gasteiger partial charge on any atom is -0.376 e. The van der Waals surface area contributed by atoms with E-state index in [0.29, 0.717) is 5.02 Å². The predicted octanol–water partition coefficient (Wildman–Crippen LogP) is 3.41. The molecule has 0 saturated carbocycles. The number of ether oxygens (including phenoxy) is 1. The van der Waals surface area contributed by atoms with E-state index in [1.165, 1.54) is 0 Å². The molecule has 0 saturated heterocycles. The summed E-state index contributed by atoms with van der Waals surface area (Å²) in [6.45, 7) is 10.1. The van der Waals surface area contributed by atoms with Crippen LogP contribution in [0.4, 0.5) is 0 Å². The highest BCUT2D eigenvalue weighted by molar-refractivity contribution is 6.31. The Balaban J connectivity index is 3.29. The van der Waals surface area contributed by atoms with Crippen LogP contribution >= 0.6 is 11.6 Å². The number of aryl methyl sites for hydroxylation is 1. The van der Waals surface area contributed by atoms with Crippen molar-refractivity contribution in [3.63, 3.8) is 0 Å². The zero-order chi connectivity index (χ0) is 14.5. The van der Waals surface area contributed by atoms with Crippen molar-refractivity contribution in [2.24, 2.45) is 0 Å². The monoisotopic (exact) mass is 287 g/mol. The molecule has 1 heterocycles. The van der Waals surface area contributed by atoms with Crippen molar-refractivity contribution in [2.75, 3.05) is 13.7 Å². The van der Waals surface area contributed by atoms with Crippen molar-refractivity contribution < 1.29 is 4.74 Å². The Morgan fingerprint density at radius 2 is 2.00 bits per heavy atom. The van der Waals surface area contributed by atoms with Gasteiger partial charge in [-0.15, -0.1) is 0 Å². The van der Waals surface area contributed by atoms with Gasteiger partial charge in [-0.05, 0) is 26.3 Å². The number of rotatable bonds is 8. The van der Waals surface area contributed by atoms with Gasteiger partial charge < -0.3 is 10.1 Å². The minimum atomic E-state index is -0.257. The summed E-state index contributed by atoms with van der Waals surface area (Å²) < 4.78 is 7.82. The lowest BCUT2D eigenvalue weighted by Crippen LogP contribution is -2.46. The Hall–Kier alpha value is -0.580. The standard InChI is InChI=1S/C14H26ClN3O/c1-6-14(7-2,19-5)13(16-8-3)12-11(15)10-17-18(12)9-4/h10,13,16H,6-9H2,1-5H3. The zero-order valence-corrected chi connectivity index (χ0v) is 13.4. The molecular weight excluding hydrogens is 262 g/mol. The predicted molar refractivity (Wildman–Crippen MR) is 79.7 cm³/mol. The largest absolute Gasteiger partial charge is 0.376 e. The van der Waals surface area contributed by atoms with Gasteiger partial charge in [0, 0.05) is 13.7 Å². The second-order valence-electron chi connectivity index (χ2n) is 4.66. The molecule has 1 unspecified atom stereocenters. The normalized spacial score (nSPS) is 13.8. The number of methoxy groups -OCH3 is 1. The first kappa shape index (κ1) is 16.5. The molecule has 0 aromatic carbocycles. The van der Waals surface area contributed by atoms with Crippen molar-refractivity contribution in [1.29, 1.82) is 0 Å². The highest BCUT2D eigenvalue weighted by Crippen LogP contribution is 2.37. The lowest BCUT2D eigenvalue weighted by atomic mass is 9.86. The molecular formula is C14H26ClN3O. The molecule has 0 fully saturated rings. The first-order valence-corrected chi connectivity index (χ1v) is 7.47. The summed E-state index contributed by atoms with van der Waals surface area (Å²) in [6, 6.07) is 0.0486. The van der Waals surface area contributed by atoms with Crippen LogP contribution in [0.1, 0.15) is 52.3 Å². The van der Waals surface area contributed by atoms with E-state index in [-0.39, 0.29) is 11.6 Å². The molecule has 1 aromatic rings. The molecule has 1 aromatic heterocycles. The van der Waals surface area contributed by atoms with Crippen LogP contribution in [0.3, 0.4) is 0 Å². The summed E-state index contributed by atoms with van der Waals surface area (Å²) in [5.41, 5.74) is 0.767. The third-order valence-corrected chi connectivity index (χ3v) is 4.24. The molecule has 5 heteroatoms. The maximum atomic E-state index is 6.35. The van der Waals surface area contributed by atoms with Crippen molar-refractivity contribution >= 4 is 11.6 Å². The van der Waals surface area contributed by atoms with Crippen molar-refractivity contribution in [3.05, 3.63) is 16.9 Å². The molecule has 0 spiro atoms. The molecule has 4 nitrogen and oxygen atoms in total. The number of nitrogens with one attached hydrogen (secondary N) is 1. The van der Waals surface area contributed by atoms with Gasteiger partial charge in [0.15, 0.2) is 0 Å². The first-order valence-electron chi connectivity index (χ1n) is 7.09. The Labute approximate surface area is 121 Å². The topological polar surface area (TPSA) is 39.1 Å². The van der Waals surface area contributed by atoms with Gasteiger partial charge in [0.25, 0.3) is 0 Å². The van der Waals surface area contributed by atoms with Gasteiger partial charge in [0.1, 0.15) is 0 Å². The molecule has 0 aliphatic heterocycles. The molecule has 0 amide bonds. The van der Waals surface area contributed by atoms with Crippen LogP contribution in [-0.4, -0.2) is 29.0 Å². The smallest absolute Gasteiger partial charge is 0.0883 e. The van der Waals surface area contributed by atoms with E-state index in [2.05, 4.69) is 38.1 Å². The van der Waals surface area contributed by atoms with Gasteiger partial charge in [-0.2, -0.15) is 5.10 Å². The fourth-order valence-corrected chi connectivity index (χ4v) is 2.96. The number of likely N-dealkylation sites (N-methyl/N-ethyl adjacent to an activating group) is 1. The van der Waals surface area contributed by atoms with Crippen molar-refractivity contribution in [3.8, 4) is 0 Å². The average molecular weight is 288 g/mol. The summed E-state index contributed by atoms with van der Waals surface area (Å²) in [4.78, 5) is 0. The van der Waals surface area contributed by atoms with Crippen LogP contribution in [0, 0.1) is 0 Å². The second kappa shape index (κ2) is 7.27. The van der Waals surface area contributed by atoms with E-state index >= 15 is 0 Å². The van der Waals surface area contributed by atoms with Gasteiger partial charge in [0.05, 0.1) is 28.6 Å². The lowest BCUT2D eigenvalue weighted by Gasteiger charge is -2.39. The van der Waals surface area contributed by atoms with Crippen LogP contribution in [0.25, 0.3) is 0 Å². The van der Waals surface area contributed by atoms with Gasteiger partial charge in [-0.25, -0.2) is 0 Å². The molecule has 1 N–H and O–H groups in total. The SMILES string of the molecule is CCNC(c1c(Cl)cnn1CC)C(CC)(CC)OC. The molecule has 0 radical (unpaired) electrons. The number of halogens is 1. The van der Waals surface area contributed by atoms with E-state index in [1.807, 2.05) is 4.68 Å². The van der Waals surface area contributed by atoms with Gasteiger partial charge in [-0.3, -0.25) is 4.68 Å². The van der Waals surface area contributed by atoms with E-state index < -0.39 is 0 Å². The molecule has 0 bridgehead atoms. The lowest BCUT2D eigenvalue weighted by molar-refractivity contribution is -0.0502. The second-order valence-corrected chi connectivity index (χ2v) is 5.07. The van der Waals surface area contributed by atoms with E-state index in [0.717, 1.165) is 31.6 Å². The molecule has 0 aliphatic rings. The Morgan fingerprint density at radius 1 is 1.37 bits per heavy atom. The van der Waals surface area contributed by atoms with Crippen LogP contribution < -0.4 is 5.32 Å². The summed E-state index contributed by atoms with van der Waals surface area (Å²) in [7, 11) is 1.78. The molecule has 1 rings (SSSR count). The summed E-state index contributed by atoms with van der Waals surface area (Å²) >= 11 is 6.35. The number of nitrogens with zero attached hydrogens (tertiary/aromatic N) is 2. The third-order valence-electron chi connectivity index (χ3n) is 3.94. The molecule has 110 valence electrons. The number of hydrogen-bond acceptors (Lipinski definition) is 3. The molecule has 19 heavy (non-hydrogen) atoms. The Bertz CT molecular complexity index is 380. The quantitative estimate of drug-likeness (QED) is 0.796. The van der Waals surface area contributed by atoms with Crippen LogP contribution in [0.15, 0.2) is 6.20 Å². The fraction of sp³-hybridized carbons (Fsp3) is 0.786. The first-order chi connectivity index (χ1) is 9.10. The highest BCUT2D eigenvalue weighted by Gasteiger charge is 2.39. The van der Waals surface area contributed by atoms with Crippen molar-refractivity contribution in [1.82, 2.24) is 15.1 Å². The van der Waals surface area contributed by atoms with Crippen molar-refractivity contribution in [2.45, 2.75) is 58.7 Å². The molecule has 0 aliphatic carbocycles. The van der Waals surface area contributed by atoms with E-state index in [1.54, 1.807) is 13.3 Å². The fourth-order valence-electron chi connectivity index (χ4n) is 2.71.